The first-order chi connectivity index (χ1) is 12.0. The number of benzene rings is 1. The van der Waals surface area contributed by atoms with E-state index in [0.29, 0.717) is 29.2 Å². The Labute approximate surface area is 143 Å². The molecule has 0 aromatic heterocycles. The number of Topliss-reactive ketones (excluding diaryl/α,β-unsaturated/α-hetero) is 1. The lowest BCUT2D eigenvalue weighted by atomic mass is 9.82. The molecule has 1 amide bonds. The average Bonchev–Trinajstić information content (AvgIpc) is 3.28. The van der Waals surface area contributed by atoms with Gasteiger partial charge >= 0.3 is 5.97 Å². The fourth-order valence-electron chi connectivity index (χ4n) is 4.07. The minimum absolute atomic E-state index is 0.0579. The van der Waals surface area contributed by atoms with Crippen LogP contribution in [0.1, 0.15) is 23.7 Å². The Bertz CT molecular complexity index is 814. The van der Waals surface area contributed by atoms with Gasteiger partial charge in [0.1, 0.15) is 0 Å². The van der Waals surface area contributed by atoms with Crippen molar-refractivity contribution in [1.29, 1.82) is 0 Å². The van der Waals surface area contributed by atoms with Gasteiger partial charge in [0.2, 0.25) is 12.7 Å². The predicted molar refractivity (Wildman–Crippen MR) is 86.6 cm³/mol. The average molecular weight is 343 g/mol. The van der Waals surface area contributed by atoms with Gasteiger partial charge in [-0.15, -0.1) is 0 Å². The van der Waals surface area contributed by atoms with Crippen LogP contribution in [0.25, 0.3) is 0 Å². The van der Waals surface area contributed by atoms with E-state index in [-0.39, 0.29) is 30.3 Å². The number of ketones is 1. The smallest absolute Gasteiger partial charge is 0.307 e. The van der Waals surface area contributed by atoms with Crippen LogP contribution in [0.2, 0.25) is 0 Å². The number of anilines is 1. The fraction of sp³-hybridized carbons (Fsp3) is 0.389. The number of amides is 1. The largest absolute Gasteiger partial charge is 0.481 e. The lowest BCUT2D eigenvalue weighted by molar-refractivity contribution is -0.146. The molecule has 4 unspecified atom stereocenters. The van der Waals surface area contributed by atoms with Gasteiger partial charge in [0, 0.05) is 11.6 Å². The van der Waals surface area contributed by atoms with E-state index in [4.69, 9.17) is 9.47 Å². The molecule has 2 bridgehead atoms. The number of carbonyl (C=O) groups is 3. The highest BCUT2D eigenvalue weighted by Crippen LogP contribution is 2.48. The number of nitrogens with one attached hydrogen (secondary N) is 1. The van der Waals surface area contributed by atoms with Crippen molar-refractivity contribution in [3.63, 3.8) is 0 Å². The molecule has 0 saturated heterocycles. The van der Waals surface area contributed by atoms with Crippen molar-refractivity contribution >= 4 is 23.3 Å². The summed E-state index contributed by atoms with van der Waals surface area (Å²) in [7, 11) is 0. The predicted octanol–water partition coefficient (Wildman–Crippen LogP) is 2.08. The number of ether oxygens (including phenoxy) is 2. The number of hydrogen-bond acceptors (Lipinski definition) is 5. The third-order valence-electron chi connectivity index (χ3n) is 5.20. The summed E-state index contributed by atoms with van der Waals surface area (Å²) in [5, 5.41) is 12.2. The van der Waals surface area contributed by atoms with Gasteiger partial charge in [-0.2, -0.15) is 0 Å². The van der Waals surface area contributed by atoms with Gasteiger partial charge in [-0.3, -0.25) is 14.4 Å². The molecule has 0 spiro atoms. The summed E-state index contributed by atoms with van der Waals surface area (Å²) in [6.07, 6.45) is 4.48. The summed E-state index contributed by atoms with van der Waals surface area (Å²) < 4.78 is 10.6. The minimum Gasteiger partial charge on any atom is -0.481 e. The summed E-state index contributed by atoms with van der Waals surface area (Å²) in [5.41, 5.74) is 0.626. The Morgan fingerprint density at radius 1 is 1.08 bits per heavy atom. The Morgan fingerprint density at radius 2 is 1.72 bits per heavy atom. The number of carboxylic acids is 1. The molecule has 1 aromatic rings. The first-order valence-corrected chi connectivity index (χ1v) is 8.12. The molecule has 7 nitrogen and oxygen atoms in total. The van der Waals surface area contributed by atoms with Gasteiger partial charge in [-0.1, -0.05) is 12.2 Å². The van der Waals surface area contributed by atoms with E-state index in [0.717, 1.165) is 0 Å². The number of rotatable bonds is 4. The third-order valence-corrected chi connectivity index (χ3v) is 5.20. The fourth-order valence-corrected chi connectivity index (χ4v) is 4.07. The lowest BCUT2D eigenvalue weighted by Gasteiger charge is -2.24. The molecule has 0 radical (unpaired) electrons. The maximum absolute atomic E-state index is 12.8. The van der Waals surface area contributed by atoms with Crippen LogP contribution in [0.4, 0.5) is 5.69 Å². The van der Waals surface area contributed by atoms with Crippen molar-refractivity contribution in [1.82, 2.24) is 0 Å². The Hall–Kier alpha value is -2.83. The number of allylic oxidation sites excluding steroid dienone is 2. The second kappa shape index (κ2) is 5.61. The van der Waals surface area contributed by atoms with Gasteiger partial charge in [-0.05, 0) is 31.2 Å². The SMILES string of the molecule is CC(=O)c1cc2c(cc1NC(=O)C1C3C=CC(C3)C1C(=O)O)OCO2. The van der Waals surface area contributed by atoms with Crippen LogP contribution in [0.3, 0.4) is 0 Å². The highest BCUT2D eigenvalue weighted by atomic mass is 16.7. The van der Waals surface area contributed by atoms with Crippen molar-refractivity contribution in [2.75, 3.05) is 12.1 Å². The second-order valence-corrected chi connectivity index (χ2v) is 6.63. The van der Waals surface area contributed by atoms with Crippen molar-refractivity contribution in [2.45, 2.75) is 13.3 Å². The number of carboxylic acid groups (broad SMARTS) is 1. The van der Waals surface area contributed by atoms with E-state index in [9.17, 15) is 19.5 Å². The Morgan fingerprint density at radius 3 is 2.36 bits per heavy atom. The summed E-state index contributed by atoms with van der Waals surface area (Å²) in [4.78, 5) is 36.3. The molecular weight excluding hydrogens is 326 g/mol. The Kier molecular flexibility index (Phi) is 3.52. The normalized spacial score (nSPS) is 28.2. The molecule has 4 atom stereocenters. The Balaban J connectivity index is 1.64. The van der Waals surface area contributed by atoms with Crippen LogP contribution in [0.15, 0.2) is 24.3 Å². The van der Waals surface area contributed by atoms with E-state index in [2.05, 4.69) is 5.32 Å². The van der Waals surface area contributed by atoms with E-state index in [1.807, 2.05) is 12.2 Å². The molecule has 1 saturated carbocycles. The number of carbonyl (C=O) groups excluding carboxylic acids is 2. The van der Waals surface area contributed by atoms with E-state index >= 15 is 0 Å². The zero-order valence-corrected chi connectivity index (χ0v) is 13.5. The monoisotopic (exact) mass is 343 g/mol. The van der Waals surface area contributed by atoms with Gasteiger partial charge < -0.3 is 19.9 Å². The quantitative estimate of drug-likeness (QED) is 0.641. The lowest BCUT2D eigenvalue weighted by Crippen LogP contribution is -2.36. The van der Waals surface area contributed by atoms with E-state index < -0.39 is 17.8 Å². The maximum Gasteiger partial charge on any atom is 0.307 e. The third kappa shape index (κ3) is 2.47. The summed E-state index contributed by atoms with van der Waals surface area (Å²) in [6, 6.07) is 3.09. The molecule has 1 aromatic carbocycles. The first-order valence-electron chi connectivity index (χ1n) is 8.12. The van der Waals surface area contributed by atoms with Gasteiger partial charge in [-0.25, -0.2) is 0 Å². The van der Waals surface area contributed by atoms with Crippen LogP contribution < -0.4 is 14.8 Å². The van der Waals surface area contributed by atoms with Crippen LogP contribution in [0.5, 0.6) is 11.5 Å². The zero-order chi connectivity index (χ0) is 17.7. The van der Waals surface area contributed by atoms with Crippen molar-refractivity contribution in [3.05, 3.63) is 29.8 Å². The molecule has 1 heterocycles. The highest BCUT2D eigenvalue weighted by molar-refractivity contribution is 6.05. The second-order valence-electron chi connectivity index (χ2n) is 6.63. The maximum atomic E-state index is 12.8. The summed E-state index contributed by atoms with van der Waals surface area (Å²) in [6.45, 7) is 1.45. The first kappa shape index (κ1) is 15.7. The van der Waals surface area contributed by atoms with Crippen molar-refractivity contribution in [3.8, 4) is 11.5 Å². The highest BCUT2D eigenvalue weighted by Gasteiger charge is 2.51. The zero-order valence-electron chi connectivity index (χ0n) is 13.5. The summed E-state index contributed by atoms with van der Waals surface area (Å²) in [5.74, 6) is -2.24. The van der Waals surface area contributed by atoms with Gasteiger partial charge in [0.05, 0.1) is 17.5 Å². The number of hydrogen-bond donors (Lipinski definition) is 2. The molecule has 130 valence electrons. The topological polar surface area (TPSA) is 102 Å². The van der Waals surface area contributed by atoms with Crippen LogP contribution in [-0.2, 0) is 9.59 Å². The standard InChI is InChI=1S/C18H17NO6/c1-8(20)11-5-13-14(25-7-24-13)6-12(11)19-17(21)15-9-2-3-10(4-9)16(15)18(22)23/h2-3,5-6,9-10,15-16H,4,7H2,1H3,(H,19,21)(H,22,23). The number of fused-ring (bicyclic) bond motifs is 3. The molecule has 4 rings (SSSR count). The van der Waals surface area contributed by atoms with Gasteiger partial charge in [0.25, 0.3) is 0 Å². The molecule has 3 aliphatic rings. The molecule has 25 heavy (non-hydrogen) atoms. The van der Waals surface area contributed by atoms with Crippen LogP contribution in [-0.4, -0.2) is 29.6 Å². The molecule has 1 aliphatic heterocycles. The van der Waals surface area contributed by atoms with Gasteiger partial charge in [0.15, 0.2) is 17.3 Å². The molecular formula is C18H17NO6. The molecule has 2 N–H and O–H groups in total. The van der Waals surface area contributed by atoms with E-state index in [1.54, 1.807) is 6.07 Å². The summed E-state index contributed by atoms with van der Waals surface area (Å²) >= 11 is 0. The van der Waals surface area contributed by atoms with Crippen molar-refractivity contribution in [2.24, 2.45) is 23.7 Å². The minimum atomic E-state index is -0.963. The van der Waals surface area contributed by atoms with E-state index in [1.165, 1.54) is 13.0 Å². The molecule has 1 fully saturated rings. The van der Waals surface area contributed by atoms with Crippen molar-refractivity contribution < 1.29 is 29.0 Å². The van der Waals surface area contributed by atoms with Crippen LogP contribution >= 0.6 is 0 Å². The number of aliphatic carboxylic acids is 1. The molecule has 2 aliphatic carbocycles. The molecule has 7 heteroatoms. The van der Waals surface area contributed by atoms with Crippen LogP contribution in [0, 0.1) is 23.7 Å².